The van der Waals surface area contributed by atoms with Crippen LogP contribution in [0.2, 0.25) is 0 Å². The maximum Gasteiger partial charge on any atom is 0.241 e. The molecule has 1 aliphatic carbocycles. The minimum atomic E-state index is 0.774. The SMILES string of the molecule is C1=Cc2c(c3ccccc3n2-c2nnc(-c3cccc(-c4ccc5ccccc5c4)c3)n2-c2cccc(-c3ccc4ccccc4c3)c2)CC1. The van der Waals surface area contributed by atoms with Gasteiger partial charge in [0.25, 0.3) is 0 Å². The second-order valence-electron chi connectivity index (χ2n) is 13.1. The van der Waals surface area contributed by atoms with Crippen molar-refractivity contribution in [2.45, 2.75) is 12.8 Å². The van der Waals surface area contributed by atoms with Crippen molar-refractivity contribution in [2.75, 3.05) is 0 Å². The summed E-state index contributed by atoms with van der Waals surface area (Å²) < 4.78 is 4.53. The fraction of sp³-hybridized carbons (Fsp3) is 0.0435. The van der Waals surface area contributed by atoms with E-state index in [2.05, 4.69) is 179 Å². The lowest BCUT2D eigenvalue weighted by molar-refractivity contribution is 0.886. The van der Waals surface area contributed by atoms with Crippen LogP contribution in [0.25, 0.3) is 83.8 Å². The van der Waals surface area contributed by atoms with Crippen molar-refractivity contribution in [1.82, 2.24) is 19.3 Å². The summed E-state index contributed by atoms with van der Waals surface area (Å²) >= 11 is 0. The molecule has 0 N–H and O–H groups in total. The highest BCUT2D eigenvalue weighted by Crippen LogP contribution is 2.37. The predicted molar refractivity (Wildman–Crippen MR) is 207 cm³/mol. The van der Waals surface area contributed by atoms with E-state index in [1.54, 1.807) is 0 Å². The number of hydrogen-bond acceptors (Lipinski definition) is 2. The Morgan fingerprint density at radius 2 is 1.08 bits per heavy atom. The van der Waals surface area contributed by atoms with Crippen molar-refractivity contribution in [2.24, 2.45) is 0 Å². The Morgan fingerprint density at radius 3 is 1.84 bits per heavy atom. The average Bonchev–Trinajstić information content (AvgIpc) is 3.77. The Morgan fingerprint density at radius 1 is 0.460 bits per heavy atom. The average molecular weight is 641 g/mol. The van der Waals surface area contributed by atoms with Crippen LogP contribution in [0.4, 0.5) is 0 Å². The molecule has 2 heterocycles. The van der Waals surface area contributed by atoms with Gasteiger partial charge in [-0.05, 0) is 105 Å². The van der Waals surface area contributed by atoms with E-state index in [4.69, 9.17) is 10.2 Å². The Balaban J connectivity index is 1.19. The lowest BCUT2D eigenvalue weighted by Gasteiger charge is -2.16. The molecule has 1 aliphatic rings. The molecule has 0 saturated heterocycles. The van der Waals surface area contributed by atoms with Crippen molar-refractivity contribution < 1.29 is 0 Å². The summed E-state index contributed by atoms with van der Waals surface area (Å²) in [6.07, 6.45) is 6.57. The summed E-state index contributed by atoms with van der Waals surface area (Å²) in [7, 11) is 0. The summed E-state index contributed by atoms with van der Waals surface area (Å²) in [5.41, 5.74) is 10.3. The van der Waals surface area contributed by atoms with Gasteiger partial charge in [0.1, 0.15) is 0 Å². The quantitative estimate of drug-likeness (QED) is 0.188. The lowest BCUT2D eigenvalue weighted by atomic mass is 9.99. The minimum absolute atomic E-state index is 0.774. The van der Waals surface area contributed by atoms with Gasteiger partial charge in [-0.15, -0.1) is 10.2 Å². The van der Waals surface area contributed by atoms with Crippen LogP contribution in [0.15, 0.2) is 164 Å². The van der Waals surface area contributed by atoms with E-state index in [-0.39, 0.29) is 0 Å². The molecule has 7 aromatic carbocycles. The largest absolute Gasteiger partial charge is 0.278 e. The normalized spacial score (nSPS) is 12.6. The Bertz CT molecular complexity index is 2780. The molecule has 4 nitrogen and oxygen atoms in total. The van der Waals surface area contributed by atoms with E-state index in [0.29, 0.717) is 0 Å². The fourth-order valence-corrected chi connectivity index (χ4v) is 7.65. The first-order chi connectivity index (χ1) is 24.8. The molecule has 0 saturated carbocycles. The summed E-state index contributed by atoms with van der Waals surface area (Å²) in [4.78, 5) is 0. The number of para-hydroxylation sites is 1. The van der Waals surface area contributed by atoms with Crippen LogP contribution < -0.4 is 0 Å². The van der Waals surface area contributed by atoms with Crippen LogP contribution >= 0.6 is 0 Å². The zero-order chi connectivity index (χ0) is 33.0. The molecule has 9 aromatic rings. The van der Waals surface area contributed by atoms with Gasteiger partial charge < -0.3 is 0 Å². The number of aryl methyl sites for hydroxylation is 1. The van der Waals surface area contributed by atoms with Crippen molar-refractivity contribution in [1.29, 1.82) is 0 Å². The number of benzene rings is 7. The minimum Gasteiger partial charge on any atom is -0.278 e. The highest BCUT2D eigenvalue weighted by Gasteiger charge is 2.25. The van der Waals surface area contributed by atoms with Crippen LogP contribution in [0.1, 0.15) is 17.7 Å². The lowest BCUT2D eigenvalue weighted by Crippen LogP contribution is -2.09. The van der Waals surface area contributed by atoms with Gasteiger partial charge >= 0.3 is 0 Å². The summed E-state index contributed by atoms with van der Waals surface area (Å²) in [5, 5.41) is 16.2. The fourth-order valence-electron chi connectivity index (χ4n) is 7.65. The van der Waals surface area contributed by atoms with E-state index >= 15 is 0 Å². The highest BCUT2D eigenvalue weighted by atomic mass is 15.4. The van der Waals surface area contributed by atoms with E-state index < -0.39 is 0 Å². The second kappa shape index (κ2) is 11.6. The van der Waals surface area contributed by atoms with E-state index in [9.17, 15) is 0 Å². The van der Waals surface area contributed by atoms with Gasteiger partial charge in [-0.25, -0.2) is 0 Å². The molecule has 0 bridgehead atoms. The predicted octanol–water partition coefficient (Wildman–Crippen LogP) is 11.5. The van der Waals surface area contributed by atoms with Crippen molar-refractivity contribution in [3.63, 3.8) is 0 Å². The zero-order valence-electron chi connectivity index (χ0n) is 27.4. The number of allylic oxidation sites excluding steroid dienone is 1. The topological polar surface area (TPSA) is 35.6 Å². The molecule has 0 fully saturated rings. The molecule has 2 aromatic heterocycles. The van der Waals surface area contributed by atoms with Gasteiger partial charge in [0.2, 0.25) is 5.95 Å². The summed E-state index contributed by atoms with van der Waals surface area (Å²) in [6.45, 7) is 0. The highest BCUT2D eigenvalue weighted by molar-refractivity contribution is 5.91. The van der Waals surface area contributed by atoms with Gasteiger partial charge in [-0.1, -0.05) is 127 Å². The third-order valence-electron chi connectivity index (χ3n) is 10.1. The molecule has 0 amide bonds. The summed E-state index contributed by atoms with van der Waals surface area (Å²) in [5.74, 6) is 1.57. The third-order valence-corrected chi connectivity index (χ3v) is 10.1. The molecule has 0 radical (unpaired) electrons. The molecule has 50 heavy (non-hydrogen) atoms. The van der Waals surface area contributed by atoms with Gasteiger partial charge in [-0.3, -0.25) is 9.13 Å². The van der Waals surface area contributed by atoms with E-state index in [0.717, 1.165) is 52.5 Å². The van der Waals surface area contributed by atoms with Gasteiger partial charge in [0, 0.05) is 10.9 Å². The smallest absolute Gasteiger partial charge is 0.241 e. The van der Waals surface area contributed by atoms with E-state index in [1.807, 2.05) is 0 Å². The van der Waals surface area contributed by atoms with Crippen molar-refractivity contribution in [3.8, 4) is 45.3 Å². The van der Waals surface area contributed by atoms with Crippen LogP contribution in [0, 0.1) is 0 Å². The molecular formula is C46H32N4. The maximum atomic E-state index is 5.00. The first-order valence-corrected chi connectivity index (χ1v) is 17.2. The van der Waals surface area contributed by atoms with E-state index in [1.165, 1.54) is 49.3 Å². The van der Waals surface area contributed by atoms with Gasteiger partial charge in [0.05, 0.1) is 16.9 Å². The number of nitrogens with zero attached hydrogens (tertiary/aromatic N) is 4. The van der Waals surface area contributed by atoms with Gasteiger partial charge in [0.15, 0.2) is 5.82 Å². The zero-order valence-corrected chi connectivity index (χ0v) is 27.4. The van der Waals surface area contributed by atoms with Crippen LogP contribution in [-0.2, 0) is 6.42 Å². The molecule has 0 spiro atoms. The van der Waals surface area contributed by atoms with Crippen molar-refractivity contribution in [3.05, 3.63) is 175 Å². The van der Waals surface area contributed by atoms with Crippen LogP contribution in [-0.4, -0.2) is 19.3 Å². The first kappa shape index (κ1) is 28.5. The maximum absolute atomic E-state index is 5.00. The molecule has 236 valence electrons. The van der Waals surface area contributed by atoms with Crippen LogP contribution in [0.5, 0.6) is 0 Å². The number of fused-ring (bicyclic) bond motifs is 5. The Kier molecular flexibility index (Phi) is 6.59. The van der Waals surface area contributed by atoms with Crippen LogP contribution in [0.3, 0.4) is 0 Å². The molecule has 4 heteroatoms. The molecule has 0 atom stereocenters. The molecule has 10 rings (SSSR count). The van der Waals surface area contributed by atoms with Gasteiger partial charge in [-0.2, -0.15) is 0 Å². The number of aromatic nitrogens is 4. The Hall–Kier alpha value is -6.52. The number of hydrogen-bond donors (Lipinski definition) is 0. The third kappa shape index (κ3) is 4.68. The second-order valence-corrected chi connectivity index (χ2v) is 13.1. The molecule has 0 aliphatic heterocycles. The monoisotopic (exact) mass is 640 g/mol. The summed E-state index contributed by atoms with van der Waals surface area (Å²) in [6, 6.07) is 56.5. The standard InChI is InChI=1S/C46H32N4/c1-3-13-33-27-37(25-23-31(33)11-1)35-15-9-17-39(29-35)45-47-48-46(50-43-21-7-5-19-41(43)42-20-6-8-22-44(42)50)49(45)40-18-10-16-36(30-40)38-26-24-32-12-2-4-14-34(32)28-38/h1-5,7-19,21-30H,6,20H2. The number of rotatable bonds is 5. The first-order valence-electron chi connectivity index (χ1n) is 17.2. The molecule has 0 unspecified atom stereocenters. The van der Waals surface area contributed by atoms with Crippen molar-refractivity contribution >= 4 is 38.5 Å². The molecular weight excluding hydrogens is 609 g/mol. The Labute approximate surface area is 290 Å².